The number of anilines is 2. The van der Waals surface area contributed by atoms with Gasteiger partial charge >= 0.3 is 6.18 Å². The number of nitrogens with one attached hydrogen (secondary N) is 2. The molecule has 0 aromatic heterocycles. The predicted molar refractivity (Wildman–Crippen MR) is 84.3 cm³/mol. The summed E-state index contributed by atoms with van der Waals surface area (Å²) < 4.78 is 35.8. The van der Waals surface area contributed by atoms with Gasteiger partial charge in [-0.2, -0.15) is 13.2 Å². The molecule has 3 nitrogen and oxygen atoms in total. The number of alkyl halides is 3. The number of hydrogen-bond acceptors (Lipinski definition) is 2. The molecule has 3 rings (SSSR count). The summed E-state index contributed by atoms with van der Waals surface area (Å²) in [5.74, 6) is 0.0219. The van der Waals surface area contributed by atoms with E-state index in [1.807, 2.05) is 31.2 Å². The average Bonchev–Trinajstić information content (AvgIpc) is 2.48. The van der Waals surface area contributed by atoms with E-state index in [9.17, 15) is 18.0 Å². The van der Waals surface area contributed by atoms with E-state index >= 15 is 0 Å². The number of amides is 1. The van der Waals surface area contributed by atoms with E-state index in [1.165, 1.54) is 12.1 Å². The Labute approximate surface area is 132 Å². The van der Waals surface area contributed by atoms with Crippen molar-refractivity contribution in [1.29, 1.82) is 0 Å². The summed E-state index contributed by atoms with van der Waals surface area (Å²) in [5.41, 5.74) is 2.09. The van der Waals surface area contributed by atoms with Crippen LogP contribution in [-0.4, -0.2) is 11.9 Å². The number of carbonyl (C=O) groups is 1. The first-order valence-electron chi connectivity index (χ1n) is 7.07. The van der Waals surface area contributed by atoms with Crippen molar-refractivity contribution >= 4 is 17.3 Å². The molecule has 0 radical (unpaired) electrons. The van der Waals surface area contributed by atoms with Gasteiger partial charge in [-0.3, -0.25) is 4.79 Å². The summed E-state index contributed by atoms with van der Waals surface area (Å²) in [7, 11) is 0. The van der Waals surface area contributed by atoms with E-state index in [0.717, 1.165) is 29.1 Å². The van der Waals surface area contributed by atoms with Crippen LogP contribution in [0.5, 0.6) is 0 Å². The van der Waals surface area contributed by atoms with Gasteiger partial charge in [-0.15, -0.1) is 0 Å². The summed E-state index contributed by atoms with van der Waals surface area (Å²) in [5, 5.41) is 5.91. The molecule has 1 amide bonds. The minimum absolute atomic E-state index is 0.0219. The highest BCUT2D eigenvalue weighted by molar-refractivity contribution is 6.02. The van der Waals surface area contributed by atoms with Gasteiger partial charge in [0, 0.05) is 0 Å². The third-order valence-electron chi connectivity index (χ3n) is 3.33. The van der Waals surface area contributed by atoms with Gasteiger partial charge in [0.05, 0.1) is 16.9 Å². The second-order valence-corrected chi connectivity index (χ2v) is 5.26. The molecule has 23 heavy (non-hydrogen) atoms. The standard InChI is InChI=1S/C9H10N2O.C8H7F3/c1-6-9(12)11-8-5-3-2-4-7(8)10-6;1-6-2-4-7(5-3-6)8(9,10)11/h2-6,10H,1H3,(H,11,12);2-5H,1H3/t6-;/m1./s1. The summed E-state index contributed by atoms with van der Waals surface area (Å²) in [6.07, 6.45) is -4.21. The van der Waals surface area contributed by atoms with Gasteiger partial charge in [-0.05, 0) is 38.1 Å². The zero-order valence-electron chi connectivity index (χ0n) is 12.7. The molecule has 2 N–H and O–H groups in total. The number of benzene rings is 2. The third kappa shape index (κ3) is 4.48. The Kier molecular flexibility index (Phi) is 4.93. The van der Waals surface area contributed by atoms with E-state index in [0.29, 0.717) is 0 Å². The van der Waals surface area contributed by atoms with Crippen LogP contribution in [0.4, 0.5) is 24.5 Å². The predicted octanol–water partition coefficient (Wildman–Crippen LogP) is 4.45. The Balaban J connectivity index is 0.000000168. The monoisotopic (exact) mass is 322 g/mol. The lowest BCUT2D eigenvalue weighted by atomic mass is 10.1. The number of rotatable bonds is 0. The fourth-order valence-electron chi connectivity index (χ4n) is 2.00. The van der Waals surface area contributed by atoms with Crippen LogP contribution in [0.15, 0.2) is 48.5 Å². The third-order valence-corrected chi connectivity index (χ3v) is 3.33. The van der Waals surface area contributed by atoms with Crippen molar-refractivity contribution in [1.82, 2.24) is 0 Å². The molecule has 1 aliphatic rings. The lowest BCUT2D eigenvalue weighted by Crippen LogP contribution is -2.36. The molecule has 2 aromatic carbocycles. The Hall–Kier alpha value is -2.50. The van der Waals surface area contributed by atoms with Crippen LogP contribution in [0.2, 0.25) is 0 Å². The first-order chi connectivity index (χ1) is 10.8. The molecule has 0 aliphatic carbocycles. The fraction of sp³-hybridized carbons (Fsp3) is 0.235. The van der Waals surface area contributed by atoms with E-state index < -0.39 is 11.7 Å². The van der Waals surface area contributed by atoms with Crippen LogP contribution in [0, 0.1) is 6.92 Å². The topological polar surface area (TPSA) is 41.1 Å². The number of para-hydroxylation sites is 2. The molecular formula is C17H17F3N2O. The fourth-order valence-corrected chi connectivity index (χ4v) is 2.00. The molecule has 1 aliphatic heterocycles. The number of hydrogen-bond donors (Lipinski definition) is 2. The van der Waals surface area contributed by atoms with Crippen LogP contribution in [0.1, 0.15) is 18.1 Å². The van der Waals surface area contributed by atoms with Gasteiger partial charge < -0.3 is 10.6 Å². The lowest BCUT2D eigenvalue weighted by Gasteiger charge is -2.23. The van der Waals surface area contributed by atoms with Crippen molar-refractivity contribution in [2.45, 2.75) is 26.1 Å². The van der Waals surface area contributed by atoms with Gasteiger partial charge in [0.1, 0.15) is 6.04 Å². The van der Waals surface area contributed by atoms with Gasteiger partial charge in [0.25, 0.3) is 0 Å². The molecule has 1 atom stereocenters. The second kappa shape index (κ2) is 6.73. The van der Waals surface area contributed by atoms with Crippen LogP contribution in [-0.2, 0) is 11.0 Å². The highest BCUT2D eigenvalue weighted by Gasteiger charge is 2.29. The quantitative estimate of drug-likeness (QED) is 0.752. The number of fused-ring (bicyclic) bond motifs is 1. The van der Waals surface area contributed by atoms with E-state index in [2.05, 4.69) is 10.6 Å². The summed E-state index contributed by atoms with van der Waals surface area (Å²) >= 11 is 0. The Morgan fingerprint density at radius 3 is 2.09 bits per heavy atom. The molecule has 6 heteroatoms. The zero-order valence-corrected chi connectivity index (χ0v) is 12.7. The number of halogens is 3. The highest BCUT2D eigenvalue weighted by Crippen LogP contribution is 2.28. The summed E-state index contributed by atoms with van der Waals surface area (Å²) in [6.45, 7) is 3.59. The maximum absolute atomic E-state index is 11.9. The summed E-state index contributed by atoms with van der Waals surface area (Å²) in [4.78, 5) is 11.2. The van der Waals surface area contributed by atoms with Crippen LogP contribution in [0.3, 0.4) is 0 Å². The highest BCUT2D eigenvalue weighted by atomic mass is 19.4. The molecule has 2 aromatic rings. The molecule has 0 bridgehead atoms. The van der Waals surface area contributed by atoms with Crippen molar-refractivity contribution in [3.8, 4) is 0 Å². The molecule has 0 spiro atoms. The van der Waals surface area contributed by atoms with Crippen molar-refractivity contribution in [3.63, 3.8) is 0 Å². The number of carbonyl (C=O) groups excluding carboxylic acids is 1. The minimum atomic E-state index is -4.21. The first kappa shape index (κ1) is 16.9. The van der Waals surface area contributed by atoms with Gasteiger partial charge in [0.2, 0.25) is 5.91 Å². The second-order valence-electron chi connectivity index (χ2n) is 5.26. The van der Waals surface area contributed by atoms with Crippen molar-refractivity contribution in [2.75, 3.05) is 10.6 Å². The Morgan fingerprint density at radius 1 is 0.957 bits per heavy atom. The molecule has 0 fully saturated rings. The van der Waals surface area contributed by atoms with E-state index in [-0.39, 0.29) is 11.9 Å². The largest absolute Gasteiger partial charge is 0.416 e. The Morgan fingerprint density at radius 2 is 1.52 bits per heavy atom. The van der Waals surface area contributed by atoms with Gasteiger partial charge in [-0.25, -0.2) is 0 Å². The van der Waals surface area contributed by atoms with Gasteiger partial charge in [-0.1, -0.05) is 29.8 Å². The van der Waals surface area contributed by atoms with Crippen molar-refractivity contribution < 1.29 is 18.0 Å². The van der Waals surface area contributed by atoms with Gasteiger partial charge in [0.15, 0.2) is 0 Å². The molecule has 122 valence electrons. The maximum atomic E-state index is 11.9. The van der Waals surface area contributed by atoms with Crippen LogP contribution in [0.25, 0.3) is 0 Å². The van der Waals surface area contributed by atoms with Crippen molar-refractivity contribution in [2.24, 2.45) is 0 Å². The molecule has 0 saturated heterocycles. The van der Waals surface area contributed by atoms with Crippen molar-refractivity contribution in [3.05, 3.63) is 59.7 Å². The normalized spacial score (nSPS) is 16.4. The number of aryl methyl sites for hydroxylation is 1. The smallest absolute Gasteiger partial charge is 0.372 e. The molecule has 0 saturated carbocycles. The maximum Gasteiger partial charge on any atom is 0.416 e. The van der Waals surface area contributed by atoms with E-state index in [1.54, 1.807) is 6.92 Å². The van der Waals surface area contributed by atoms with Crippen LogP contribution >= 0.6 is 0 Å². The Bertz CT molecular complexity index is 681. The SMILES string of the molecule is C[C@H]1Nc2ccccc2NC1=O.Cc1ccc(C(F)(F)F)cc1. The minimum Gasteiger partial charge on any atom is -0.372 e. The molecule has 1 heterocycles. The molecule has 0 unspecified atom stereocenters. The molecular weight excluding hydrogens is 305 g/mol. The van der Waals surface area contributed by atoms with Crippen LogP contribution < -0.4 is 10.6 Å². The summed E-state index contributed by atoms with van der Waals surface area (Å²) in [6, 6.07) is 12.6. The zero-order chi connectivity index (χ0) is 17.0. The average molecular weight is 322 g/mol. The van der Waals surface area contributed by atoms with E-state index in [4.69, 9.17) is 0 Å². The lowest BCUT2D eigenvalue weighted by molar-refractivity contribution is -0.137. The first-order valence-corrected chi connectivity index (χ1v) is 7.07.